The van der Waals surface area contributed by atoms with Crippen LogP contribution in [0.4, 0.5) is 11.4 Å². The van der Waals surface area contributed by atoms with E-state index in [1.54, 1.807) is 34.1 Å². The fraction of sp³-hybridized carbons (Fsp3) is 0.486. The molecular weight excluding hydrogens is 624 g/mol. The molecule has 0 spiro atoms. The molecule has 2 aliphatic rings. The van der Waals surface area contributed by atoms with Gasteiger partial charge in [-0.3, -0.25) is 19.2 Å². The largest absolute Gasteiger partial charge is 0.370 e. The summed E-state index contributed by atoms with van der Waals surface area (Å²) >= 11 is 0. The van der Waals surface area contributed by atoms with Crippen molar-refractivity contribution in [1.29, 1.82) is 0 Å². The van der Waals surface area contributed by atoms with E-state index >= 15 is 0 Å². The smallest absolute Gasteiger partial charge is 0.245 e. The molecule has 4 rings (SSSR count). The second-order valence-electron chi connectivity index (χ2n) is 12.7. The van der Waals surface area contributed by atoms with Crippen molar-refractivity contribution in [2.24, 2.45) is 32.9 Å². The van der Waals surface area contributed by atoms with Crippen LogP contribution in [0.5, 0.6) is 0 Å². The van der Waals surface area contributed by atoms with Gasteiger partial charge >= 0.3 is 0 Å². The first-order valence-corrected chi connectivity index (χ1v) is 17.1. The molecule has 14 nitrogen and oxygen atoms in total. The Balaban J connectivity index is 1.07. The molecule has 0 saturated carbocycles. The van der Waals surface area contributed by atoms with Crippen molar-refractivity contribution < 1.29 is 19.2 Å². The van der Waals surface area contributed by atoms with Crippen molar-refractivity contribution in [2.75, 3.05) is 13.1 Å². The lowest BCUT2D eigenvalue weighted by molar-refractivity contribution is -0.139. The van der Waals surface area contributed by atoms with Crippen LogP contribution in [0.15, 0.2) is 58.5 Å². The molecular formula is C35H50N10O4. The molecule has 2 saturated heterocycles. The van der Waals surface area contributed by atoms with Crippen LogP contribution in [0.3, 0.4) is 0 Å². The molecule has 2 heterocycles. The number of unbranched alkanes of at least 4 members (excludes halogenated alkanes) is 4. The van der Waals surface area contributed by atoms with Crippen LogP contribution in [0.25, 0.3) is 0 Å². The average Bonchev–Trinajstić information content (AvgIpc) is 3.05. The minimum absolute atomic E-state index is 0.0118. The molecule has 10 N–H and O–H groups in total. The van der Waals surface area contributed by atoms with Gasteiger partial charge in [-0.2, -0.15) is 0 Å². The number of hydrogen-bond acceptors (Lipinski definition) is 6. The Labute approximate surface area is 287 Å². The summed E-state index contributed by atoms with van der Waals surface area (Å²) in [6.07, 6.45) is 7.67. The molecule has 0 bridgehead atoms. The van der Waals surface area contributed by atoms with Crippen molar-refractivity contribution in [3.63, 3.8) is 0 Å². The predicted octanol–water partition coefficient (Wildman–Crippen LogP) is 2.14. The summed E-state index contributed by atoms with van der Waals surface area (Å²) in [5.41, 5.74) is 24.9. The second kappa shape index (κ2) is 18.4. The Morgan fingerprint density at radius 2 is 0.980 bits per heavy atom. The number of hydrogen-bond donors (Lipinski definition) is 6. The van der Waals surface area contributed by atoms with E-state index in [-0.39, 0.29) is 35.5 Å². The van der Waals surface area contributed by atoms with Crippen molar-refractivity contribution in [1.82, 2.24) is 20.4 Å². The van der Waals surface area contributed by atoms with Gasteiger partial charge in [-0.15, -0.1) is 0 Å². The number of carbonyl (C=O) groups excluding carboxylic acids is 4. The number of aliphatic imine (C=N–C) groups is 2. The molecule has 14 heteroatoms. The number of likely N-dealkylation sites (tertiary alicyclic amines) is 2. The second-order valence-corrected chi connectivity index (χ2v) is 12.7. The zero-order valence-electron chi connectivity index (χ0n) is 28.1. The Kier molecular flexibility index (Phi) is 13.8. The number of amides is 4. The van der Waals surface area contributed by atoms with Gasteiger partial charge in [-0.05, 0) is 73.9 Å². The van der Waals surface area contributed by atoms with Gasteiger partial charge in [0.15, 0.2) is 11.9 Å². The minimum atomic E-state index is -0.507. The average molecular weight is 675 g/mol. The van der Waals surface area contributed by atoms with Crippen LogP contribution < -0.4 is 33.6 Å². The quantitative estimate of drug-likeness (QED) is 0.0876. The first kappa shape index (κ1) is 36.7. The molecule has 4 amide bonds. The molecule has 0 aliphatic carbocycles. The third-order valence-corrected chi connectivity index (χ3v) is 8.68. The number of nitrogens with two attached hydrogens (primary N) is 4. The Morgan fingerprint density at radius 3 is 1.35 bits per heavy atom. The molecule has 0 aromatic heterocycles. The molecule has 2 unspecified atom stereocenters. The van der Waals surface area contributed by atoms with Crippen LogP contribution in [-0.4, -0.2) is 70.5 Å². The Bertz CT molecular complexity index is 1370. The Morgan fingerprint density at radius 1 is 0.612 bits per heavy atom. The SMILES string of the molecule is NC(N)=Nc1ccc(CN2CCCC(NC(=O)CCCCCCCC(=O)NC3CCCN(Cc4ccc(N=C(N)N)cc4)C3=O)C2=O)cc1. The molecule has 2 fully saturated rings. The maximum absolute atomic E-state index is 13.0. The molecule has 49 heavy (non-hydrogen) atoms. The first-order chi connectivity index (χ1) is 23.6. The lowest BCUT2D eigenvalue weighted by Gasteiger charge is -2.32. The fourth-order valence-electron chi connectivity index (χ4n) is 6.19. The minimum Gasteiger partial charge on any atom is -0.370 e. The van der Waals surface area contributed by atoms with Gasteiger partial charge in [0.1, 0.15) is 12.1 Å². The van der Waals surface area contributed by atoms with E-state index in [1.165, 1.54) is 0 Å². The lowest BCUT2D eigenvalue weighted by Crippen LogP contribution is -2.51. The summed E-state index contributed by atoms with van der Waals surface area (Å²) < 4.78 is 0. The summed E-state index contributed by atoms with van der Waals surface area (Å²) in [5, 5.41) is 5.85. The van der Waals surface area contributed by atoms with Crippen molar-refractivity contribution >= 4 is 46.9 Å². The maximum Gasteiger partial charge on any atom is 0.245 e. The van der Waals surface area contributed by atoms with Gasteiger partial charge in [-0.1, -0.05) is 43.5 Å². The molecule has 2 atom stereocenters. The first-order valence-electron chi connectivity index (χ1n) is 17.1. The standard InChI is InChI=1S/C35H50N10O4/c36-34(37)40-26-16-12-24(13-17-26)22-44-20-6-8-28(32(44)48)42-30(46)10-4-2-1-3-5-11-31(47)43-29-9-7-21-45(33(29)49)23-25-14-18-27(19-15-25)41-35(38)39/h12-19,28-29H,1-11,20-23H2,(H,42,46)(H,43,47)(H4,36,37,40)(H4,38,39,41). The maximum atomic E-state index is 13.0. The molecule has 264 valence electrons. The van der Waals surface area contributed by atoms with E-state index in [4.69, 9.17) is 22.9 Å². The van der Waals surface area contributed by atoms with Crippen molar-refractivity contribution in [3.05, 3.63) is 59.7 Å². The predicted molar refractivity (Wildman–Crippen MR) is 189 cm³/mol. The third kappa shape index (κ3) is 12.1. The third-order valence-electron chi connectivity index (χ3n) is 8.68. The van der Waals surface area contributed by atoms with Crippen LogP contribution in [0.1, 0.15) is 81.8 Å². The van der Waals surface area contributed by atoms with E-state index in [9.17, 15) is 19.2 Å². The van der Waals surface area contributed by atoms with Crippen LogP contribution in [0, 0.1) is 0 Å². The molecule has 2 aromatic carbocycles. The number of nitrogens with zero attached hydrogens (tertiary/aromatic N) is 4. The lowest BCUT2D eigenvalue weighted by atomic mass is 10.0. The number of guanidine groups is 2. The van der Waals surface area contributed by atoms with E-state index < -0.39 is 12.1 Å². The van der Waals surface area contributed by atoms with Crippen molar-refractivity contribution in [3.8, 4) is 0 Å². The van der Waals surface area contributed by atoms with E-state index in [0.29, 0.717) is 76.1 Å². The van der Waals surface area contributed by atoms with Gasteiger partial charge in [0.05, 0.1) is 11.4 Å². The highest BCUT2D eigenvalue weighted by Gasteiger charge is 2.31. The van der Waals surface area contributed by atoms with Crippen LogP contribution in [0.2, 0.25) is 0 Å². The topological polar surface area (TPSA) is 228 Å². The summed E-state index contributed by atoms with van der Waals surface area (Å²) in [4.78, 5) is 62.9. The zero-order chi connectivity index (χ0) is 35.2. The Hall–Kier alpha value is -5.14. The van der Waals surface area contributed by atoms with E-state index in [1.807, 2.05) is 24.3 Å². The number of nitrogens with one attached hydrogen (secondary N) is 2. The monoisotopic (exact) mass is 674 g/mol. The van der Waals surface area contributed by atoms with Gasteiger partial charge in [-0.25, -0.2) is 9.98 Å². The van der Waals surface area contributed by atoms with Crippen molar-refractivity contribution in [2.45, 2.75) is 95.8 Å². The number of piperidine rings is 2. The molecule has 0 radical (unpaired) electrons. The van der Waals surface area contributed by atoms with Crippen LogP contribution in [-0.2, 0) is 32.3 Å². The van der Waals surface area contributed by atoms with Gasteiger partial charge < -0.3 is 43.4 Å². The van der Waals surface area contributed by atoms with Gasteiger partial charge in [0.2, 0.25) is 23.6 Å². The summed E-state index contributed by atoms with van der Waals surface area (Å²) in [6, 6.07) is 13.7. The summed E-state index contributed by atoms with van der Waals surface area (Å²) in [6.45, 7) is 2.21. The van der Waals surface area contributed by atoms with E-state index in [2.05, 4.69) is 20.6 Å². The summed E-state index contributed by atoms with van der Waals surface area (Å²) in [7, 11) is 0. The summed E-state index contributed by atoms with van der Waals surface area (Å²) in [5.74, 6) is -0.386. The van der Waals surface area contributed by atoms with Crippen LogP contribution >= 0.6 is 0 Å². The highest BCUT2D eigenvalue weighted by atomic mass is 16.2. The highest BCUT2D eigenvalue weighted by Crippen LogP contribution is 2.20. The zero-order valence-corrected chi connectivity index (χ0v) is 28.1. The van der Waals surface area contributed by atoms with Gasteiger partial charge in [0.25, 0.3) is 0 Å². The van der Waals surface area contributed by atoms with E-state index in [0.717, 1.165) is 43.2 Å². The molecule has 2 aromatic rings. The fourth-order valence-corrected chi connectivity index (χ4v) is 6.19. The highest BCUT2D eigenvalue weighted by molar-refractivity contribution is 5.89. The van der Waals surface area contributed by atoms with Gasteiger partial charge in [0, 0.05) is 39.0 Å². The number of rotatable bonds is 16. The molecule has 2 aliphatic heterocycles. The normalized spacial score (nSPS) is 17.7. The number of benzene rings is 2. The number of carbonyl (C=O) groups is 4.